The topological polar surface area (TPSA) is 63.8 Å². The molecule has 1 aliphatic rings. The van der Waals surface area contributed by atoms with Crippen molar-refractivity contribution in [1.29, 1.82) is 0 Å². The number of fused-ring (bicyclic) bond motifs is 1. The highest BCUT2D eigenvalue weighted by molar-refractivity contribution is 7.59. The lowest BCUT2D eigenvalue weighted by Crippen LogP contribution is -2.58. The second-order valence-corrected chi connectivity index (χ2v) is 6.35. The Labute approximate surface area is 173 Å². The van der Waals surface area contributed by atoms with E-state index in [0.717, 1.165) is 30.7 Å². The number of hydrogen-bond donors (Lipinski definition) is 1. The van der Waals surface area contributed by atoms with Crippen molar-refractivity contribution in [2.45, 2.75) is 25.4 Å². The van der Waals surface area contributed by atoms with Crippen LogP contribution < -0.4 is 15.8 Å². The summed E-state index contributed by atoms with van der Waals surface area (Å²) in [5.41, 5.74) is 2.17. The normalized spacial score (nSPS) is 19.1. The van der Waals surface area contributed by atoms with Crippen LogP contribution in [0.2, 0.25) is 0 Å². The quantitative estimate of drug-likeness (QED) is 0.782. The highest BCUT2D eigenvalue weighted by atomic mass is 32.1. The van der Waals surface area contributed by atoms with Crippen LogP contribution in [-0.2, 0) is 11.8 Å². The van der Waals surface area contributed by atoms with Crippen molar-refractivity contribution in [2.75, 3.05) is 31.7 Å². The van der Waals surface area contributed by atoms with Gasteiger partial charge >= 0.3 is 0 Å². The van der Waals surface area contributed by atoms with Gasteiger partial charge in [-0.05, 0) is 18.6 Å². The molecule has 2 aromatic heterocycles. The average Bonchev–Trinajstić information content (AvgIpc) is 2.64. The van der Waals surface area contributed by atoms with Crippen molar-refractivity contribution in [1.82, 2.24) is 14.9 Å². The summed E-state index contributed by atoms with van der Waals surface area (Å²) in [5.74, 6) is 0.337. The molecule has 0 bridgehead atoms. The molecule has 9 heteroatoms. The summed E-state index contributed by atoms with van der Waals surface area (Å²) in [6, 6.07) is 5.55. The predicted octanol–water partition coefficient (Wildman–Crippen LogP) is 1.91. The molecule has 1 saturated heterocycles. The standard InChI is InChI=1S/C18H23N5O2.2H2S/c1-5-13-9-20-12(11-25-4)10-23(13)15-8-17(24)22(3)14-6-7-16(19-2)21-18(14)15;;/h6-8,12-13,20H,5,9-11H2,1,3-4H3;2*1H2/t12-,13-;;/m0../s1. The first kappa shape index (κ1) is 23.3. The second-order valence-electron chi connectivity index (χ2n) is 6.35. The molecule has 7 nitrogen and oxygen atoms in total. The minimum Gasteiger partial charge on any atom is -0.383 e. The third-order valence-electron chi connectivity index (χ3n) is 4.82. The summed E-state index contributed by atoms with van der Waals surface area (Å²) in [7, 11) is 3.42. The number of hydrogen-bond acceptors (Lipinski definition) is 5. The van der Waals surface area contributed by atoms with Crippen LogP contribution in [0, 0.1) is 6.57 Å². The highest BCUT2D eigenvalue weighted by Gasteiger charge is 2.30. The summed E-state index contributed by atoms with van der Waals surface area (Å²) in [4.78, 5) is 22.6. The predicted molar refractivity (Wildman–Crippen MR) is 119 cm³/mol. The van der Waals surface area contributed by atoms with Gasteiger partial charge in [0.1, 0.15) is 0 Å². The fourth-order valence-electron chi connectivity index (χ4n) is 3.42. The van der Waals surface area contributed by atoms with Gasteiger partial charge in [-0.2, -0.15) is 27.0 Å². The van der Waals surface area contributed by atoms with E-state index < -0.39 is 0 Å². The van der Waals surface area contributed by atoms with Crippen molar-refractivity contribution in [2.24, 2.45) is 7.05 Å². The fraction of sp³-hybridized carbons (Fsp3) is 0.500. The van der Waals surface area contributed by atoms with Crippen LogP contribution in [0.4, 0.5) is 11.5 Å². The number of rotatable bonds is 4. The van der Waals surface area contributed by atoms with Crippen LogP contribution in [-0.4, -0.2) is 48.4 Å². The Balaban J connectivity index is 0.00000182. The molecule has 1 aliphatic heterocycles. The Kier molecular flexibility index (Phi) is 8.62. The minimum atomic E-state index is -0.0726. The molecule has 2 atom stereocenters. The number of aromatic nitrogens is 2. The molecule has 0 aliphatic carbocycles. The molecule has 0 radical (unpaired) electrons. The first-order valence-corrected chi connectivity index (χ1v) is 8.46. The van der Waals surface area contributed by atoms with Crippen LogP contribution >= 0.6 is 27.0 Å². The number of aryl methyl sites for hydroxylation is 1. The molecule has 148 valence electrons. The highest BCUT2D eigenvalue weighted by Crippen LogP contribution is 2.29. The maximum atomic E-state index is 12.5. The number of ether oxygens (including phenoxy) is 1. The van der Waals surface area contributed by atoms with Crippen LogP contribution in [0.15, 0.2) is 23.0 Å². The molecule has 1 N–H and O–H groups in total. The lowest BCUT2D eigenvalue weighted by molar-refractivity contribution is 0.158. The van der Waals surface area contributed by atoms with E-state index in [1.54, 1.807) is 36.9 Å². The maximum absolute atomic E-state index is 12.5. The molecule has 0 saturated carbocycles. The van der Waals surface area contributed by atoms with E-state index >= 15 is 0 Å². The van der Waals surface area contributed by atoms with Crippen LogP contribution in [0.3, 0.4) is 0 Å². The Bertz CT molecular complexity index is 880. The van der Waals surface area contributed by atoms with Gasteiger partial charge in [-0.1, -0.05) is 13.5 Å². The van der Waals surface area contributed by atoms with Gasteiger partial charge in [0, 0.05) is 45.4 Å². The molecule has 2 aromatic rings. The summed E-state index contributed by atoms with van der Waals surface area (Å²) < 4.78 is 6.87. The molecule has 1 fully saturated rings. The largest absolute Gasteiger partial charge is 0.383 e. The fourth-order valence-corrected chi connectivity index (χ4v) is 3.42. The van der Waals surface area contributed by atoms with Gasteiger partial charge in [-0.25, -0.2) is 0 Å². The molecule has 0 spiro atoms. The zero-order valence-corrected chi connectivity index (χ0v) is 17.8. The molecule has 0 amide bonds. The summed E-state index contributed by atoms with van der Waals surface area (Å²) in [5, 5.41) is 3.50. The van der Waals surface area contributed by atoms with Crippen molar-refractivity contribution >= 4 is 49.5 Å². The molecular weight excluding hydrogens is 382 g/mol. The minimum absolute atomic E-state index is 0. The van der Waals surface area contributed by atoms with Gasteiger partial charge in [0.2, 0.25) is 5.52 Å². The smallest absolute Gasteiger partial charge is 0.270 e. The Morgan fingerprint density at radius 1 is 1.41 bits per heavy atom. The third-order valence-corrected chi connectivity index (χ3v) is 4.82. The van der Waals surface area contributed by atoms with E-state index in [0.29, 0.717) is 17.9 Å². The number of methoxy groups -OCH3 is 1. The average molecular weight is 410 g/mol. The molecule has 3 heterocycles. The summed E-state index contributed by atoms with van der Waals surface area (Å²) in [6.07, 6.45) is 0.950. The van der Waals surface area contributed by atoms with Gasteiger partial charge in [0.15, 0.2) is 0 Å². The maximum Gasteiger partial charge on any atom is 0.270 e. The van der Waals surface area contributed by atoms with Crippen LogP contribution in [0.1, 0.15) is 13.3 Å². The van der Waals surface area contributed by atoms with E-state index in [9.17, 15) is 4.79 Å². The Hall–Kier alpha value is -1.73. The number of nitrogens with zero attached hydrogens (tertiary/aromatic N) is 4. The van der Waals surface area contributed by atoms with E-state index in [-0.39, 0.29) is 44.6 Å². The van der Waals surface area contributed by atoms with Crippen molar-refractivity contribution in [3.8, 4) is 0 Å². The Morgan fingerprint density at radius 2 is 2.15 bits per heavy atom. The van der Waals surface area contributed by atoms with Gasteiger partial charge in [0.25, 0.3) is 11.4 Å². The lowest BCUT2D eigenvalue weighted by Gasteiger charge is -2.41. The molecule has 0 unspecified atom stereocenters. The van der Waals surface area contributed by atoms with Crippen molar-refractivity contribution in [3.63, 3.8) is 0 Å². The zero-order chi connectivity index (χ0) is 18.0. The molecule has 27 heavy (non-hydrogen) atoms. The van der Waals surface area contributed by atoms with E-state index in [1.165, 1.54) is 0 Å². The molecular formula is C18H27N5O2S2. The second kappa shape index (κ2) is 9.99. The monoisotopic (exact) mass is 409 g/mol. The van der Waals surface area contributed by atoms with Crippen molar-refractivity contribution < 1.29 is 4.74 Å². The molecule has 0 aromatic carbocycles. The van der Waals surface area contributed by atoms with E-state index in [1.807, 2.05) is 0 Å². The van der Waals surface area contributed by atoms with Crippen LogP contribution in [0.5, 0.6) is 0 Å². The number of pyridine rings is 2. The van der Waals surface area contributed by atoms with E-state index in [4.69, 9.17) is 11.3 Å². The summed E-state index contributed by atoms with van der Waals surface area (Å²) in [6.45, 7) is 11.5. The van der Waals surface area contributed by atoms with E-state index in [2.05, 4.69) is 27.0 Å². The van der Waals surface area contributed by atoms with Gasteiger partial charge < -0.3 is 24.4 Å². The van der Waals surface area contributed by atoms with Gasteiger partial charge in [-0.15, -0.1) is 4.98 Å². The first-order valence-electron chi connectivity index (χ1n) is 8.46. The number of anilines is 1. The van der Waals surface area contributed by atoms with Crippen LogP contribution in [0.25, 0.3) is 15.9 Å². The van der Waals surface area contributed by atoms with Gasteiger partial charge in [0.05, 0.1) is 17.8 Å². The lowest BCUT2D eigenvalue weighted by atomic mass is 10.1. The van der Waals surface area contributed by atoms with Gasteiger partial charge in [-0.3, -0.25) is 4.79 Å². The third kappa shape index (κ3) is 4.58. The zero-order valence-electron chi connectivity index (χ0n) is 15.8. The number of nitrogens with one attached hydrogen (secondary N) is 1. The SMILES string of the molecule is S.S.[C-]#[N+]c1ccc2c(n1)c(N1C[C@@H](COC)NC[C@@H]1CC)cc(=O)n2C. The Morgan fingerprint density at radius 3 is 2.78 bits per heavy atom. The number of piperazine rings is 1. The molecule has 3 rings (SSSR count). The summed E-state index contributed by atoms with van der Waals surface area (Å²) >= 11 is 0. The van der Waals surface area contributed by atoms with Crippen molar-refractivity contribution in [3.05, 3.63) is 40.0 Å². The first-order chi connectivity index (χ1) is 12.1.